The van der Waals surface area contributed by atoms with Crippen molar-refractivity contribution >= 4 is 27.4 Å². The molecule has 0 spiro atoms. The summed E-state index contributed by atoms with van der Waals surface area (Å²) in [4.78, 5) is 14.8. The highest BCUT2D eigenvalue weighted by molar-refractivity contribution is 7.94. The predicted octanol–water partition coefficient (Wildman–Crippen LogP) is 4.78. The lowest BCUT2D eigenvalue weighted by Gasteiger charge is -2.36. The van der Waals surface area contributed by atoms with E-state index in [4.69, 9.17) is 0 Å². The maximum atomic E-state index is 14.2. The van der Waals surface area contributed by atoms with E-state index in [1.54, 1.807) is 25.1 Å². The lowest BCUT2D eigenvalue weighted by molar-refractivity contribution is 0.253. The van der Waals surface area contributed by atoms with E-state index in [1.807, 2.05) is 31.2 Å². The van der Waals surface area contributed by atoms with E-state index < -0.39 is 21.9 Å². The third-order valence-electron chi connectivity index (χ3n) is 4.89. The van der Waals surface area contributed by atoms with Gasteiger partial charge in [0.15, 0.2) is 0 Å². The summed E-state index contributed by atoms with van der Waals surface area (Å²) in [6, 6.07) is 17.2. The van der Waals surface area contributed by atoms with Crippen molar-refractivity contribution in [3.05, 3.63) is 89.2 Å². The molecule has 0 saturated carbocycles. The van der Waals surface area contributed by atoms with E-state index in [1.165, 1.54) is 23.1 Å². The van der Waals surface area contributed by atoms with Crippen LogP contribution in [0, 0.1) is 19.7 Å². The number of para-hydroxylation sites is 1. The number of fused-ring (bicyclic) bond motifs is 1. The molecule has 0 N–H and O–H groups in total. The van der Waals surface area contributed by atoms with E-state index >= 15 is 0 Å². The summed E-state index contributed by atoms with van der Waals surface area (Å²) in [6.07, 6.45) is 0. The number of carbonyl (C=O) groups excluding carboxylic acids is 1. The molecule has 0 aliphatic carbocycles. The molecule has 3 aromatic carbocycles. The Labute approximate surface area is 169 Å². The van der Waals surface area contributed by atoms with Gasteiger partial charge in [-0.1, -0.05) is 48.0 Å². The zero-order chi connectivity index (χ0) is 20.8. The summed E-state index contributed by atoms with van der Waals surface area (Å²) in [5, 5.41) is 0. The van der Waals surface area contributed by atoms with Gasteiger partial charge in [-0.2, -0.15) is 4.31 Å². The van der Waals surface area contributed by atoms with Gasteiger partial charge in [0.1, 0.15) is 10.7 Å². The molecule has 0 unspecified atom stereocenters. The first-order valence-electron chi connectivity index (χ1n) is 9.06. The molecule has 7 heteroatoms. The molecule has 5 nitrogen and oxygen atoms in total. The van der Waals surface area contributed by atoms with Crippen molar-refractivity contribution in [3.63, 3.8) is 0 Å². The molecule has 0 radical (unpaired) electrons. The maximum absolute atomic E-state index is 14.2. The highest BCUT2D eigenvalue weighted by Gasteiger charge is 2.42. The molecule has 3 aromatic rings. The van der Waals surface area contributed by atoms with Crippen LogP contribution in [0.15, 0.2) is 71.6 Å². The average Bonchev–Trinajstić information content (AvgIpc) is 2.68. The Kier molecular flexibility index (Phi) is 4.62. The van der Waals surface area contributed by atoms with Crippen molar-refractivity contribution in [2.24, 2.45) is 0 Å². The number of sulfonamides is 1. The number of carbonyl (C=O) groups is 1. The minimum absolute atomic E-state index is 0.00763. The summed E-state index contributed by atoms with van der Waals surface area (Å²) in [5.41, 5.74) is 2.55. The average molecular weight is 410 g/mol. The van der Waals surface area contributed by atoms with E-state index in [-0.39, 0.29) is 17.1 Å². The highest BCUT2D eigenvalue weighted by Crippen LogP contribution is 2.38. The minimum atomic E-state index is -4.17. The fourth-order valence-corrected chi connectivity index (χ4v) is 5.00. The third kappa shape index (κ3) is 3.27. The van der Waals surface area contributed by atoms with Crippen LogP contribution in [-0.4, -0.2) is 14.4 Å². The first kappa shape index (κ1) is 19.1. The summed E-state index contributed by atoms with van der Waals surface area (Å²) >= 11 is 0. The lowest BCUT2D eigenvalue weighted by atomic mass is 10.1. The van der Waals surface area contributed by atoms with Crippen LogP contribution in [0.1, 0.15) is 16.7 Å². The first-order chi connectivity index (χ1) is 13.8. The quantitative estimate of drug-likeness (QED) is 0.625. The van der Waals surface area contributed by atoms with Crippen LogP contribution in [0.2, 0.25) is 0 Å². The van der Waals surface area contributed by atoms with Gasteiger partial charge < -0.3 is 0 Å². The van der Waals surface area contributed by atoms with E-state index in [0.29, 0.717) is 15.6 Å². The summed E-state index contributed by atoms with van der Waals surface area (Å²) in [5.74, 6) is -0.574. The third-order valence-corrected chi connectivity index (χ3v) is 6.64. The van der Waals surface area contributed by atoms with E-state index in [0.717, 1.165) is 17.2 Å². The van der Waals surface area contributed by atoms with Crippen LogP contribution in [0.4, 0.5) is 20.6 Å². The Morgan fingerprint density at radius 2 is 1.69 bits per heavy atom. The van der Waals surface area contributed by atoms with Gasteiger partial charge in [-0.3, -0.25) is 4.90 Å². The number of benzene rings is 3. The SMILES string of the molecule is Cc1cccc(CN2C(=O)N(c3ccc(C)c(F)c3)S(=O)(=O)c3ccccc32)c1. The molecule has 29 heavy (non-hydrogen) atoms. The van der Waals surface area contributed by atoms with Crippen LogP contribution < -0.4 is 9.21 Å². The molecule has 0 bridgehead atoms. The van der Waals surface area contributed by atoms with Gasteiger partial charge >= 0.3 is 6.03 Å². The number of hydrogen-bond acceptors (Lipinski definition) is 3. The van der Waals surface area contributed by atoms with Crippen molar-refractivity contribution < 1.29 is 17.6 Å². The standard InChI is InChI=1S/C22H19FN2O3S/c1-15-6-5-7-17(12-15)14-24-20-8-3-4-9-21(20)29(27,28)25(22(24)26)18-11-10-16(2)19(23)13-18/h3-13H,14H2,1-2H3. The smallest absolute Gasteiger partial charge is 0.287 e. The molecule has 148 valence electrons. The monoisotopic (exact) mass is 410 g/mol. The molecule has 4 rings (SSSR count). The largest absolute Gasteiger partial charge is 0.343 e. The fraction of sp³-hybridized carbons (Fsp3) is 0.136. The van der Waals surface area contributed by atoms with Crippen molar-refractivity contribution in [1.82, 2.24) is 0 Å². The van der Waals surface area contributed by atoms with Crippen molar-refractivity contribution in [2.45, 2.75) is 25.3 Å². The molecule has 2 amide bonds. The molecular weight excluding hydrogens is 391 g/mol. The number of anilines is 2. The number of nitrogens with zero attached hydrogens (tertiary/aromatic N) is 2. The van der Waals surface area contributed by atoms with Gasteiger partial charge in [0.25, 0.3) is 10.0 Å². The topological polar surface area (TPSA) is 57.7 Å². The second kappa shape index (κ2) is 7.00. The normalized spacial score (nSPS) is 15.3. The van der Waals surface area contributed by atoms with Gasteiger partial charge in [-0.15, -0.1) is 0 Å². The zero-order valence-corrected chi connectivity index (χ0v) is 16.8. The molecular formula is C22H19FN2O3S. The molecule has 0 atom stereocenters. The van der Waals surface area contributed by atoms with E-state index in [2.05, 4.69) is 0 Å². The number of rotatable bonds is 3. The number of halogens is 1. The predicted molar refractivity (Wildman–Crippen MR) is 110 cm³/mol. The van der Waals surface area contributed by atoms with Crippen LogP contribution >= 0.6 is 0 Å². The van der Waals surface area contributed by atoms with Gasteiger partial charge in [0, 0.05) is 0 Å². The minimum Gasteiger partial charge on any atom is -0.287 e. The highest BCUT2D eigenvalue weighted by atomic mass is 32.2. The van der Waals surface area contributed by atoms with Gasteiger partial charge in [0.2, 0.25) is 0 Å². The first-order valence-corrected chi connectivity index (χ1v) is 10.5. The summed E-state index contributed by atoms with van der Waals surface area (Å²) < 4.78 is 41.3. The fourth-order valence-electron chi connectivity index (χ4n) is 3.42. The Balaban J connectivity index is 1.88. The Hall–Kier alpha value is -3.19. The number of hydrogen-bond donors (Lipinski definition) is 0. The Morgan fingerprint density at radius 3 is 2.41 bits per heavy atom. The number of aryl methyl sites for hydroxylation is 2. The van der Waals surface area contributed by atoms with Gasteiger partial charge in [0.05, 0.1) is 17.9 Å². The second-order valence-electron chi connectivity index (χ2n) is 7.03. The molecule has 0 fully saturated rings. The lowest BCUT2D eigenvalue weighted by Crippen LogP contribution is -2.50. The summed E-state index contributed by atoms with van der Waals surface area (Å²) in [6.45, 7) is 3.71. The van der Waals surface area contributed by atoms with Crippen molar-refractivity contribution in [2.75, 3.05) is 9.21 Å². The summed E-state index contributed by atoms with van der Waals surface area (Å²) in [7, 11) is -4.17. The van der Waals surface area contributed by atoms with Gasteiger partial charge in [-0.05, 0) is 49.2 Å². The Bertz CT molecular complexity index is 1220. The van der Waals surface area contributed by atoms with Crippen molar-refractivity contribution in [1.29, 1.82) is 0 Å². The molecule has 0 saturated heterocycles. The molecule has 1 heterocycles. The van der Waals surface area contributed by atoms with Gasteiger partial charge in [-0.25, -0.2) is 17.6 Å². The molecule has 1 aliphatic rings. The maximum Gasteiger partial charge on any atom is 0.343 e. The molecule has 0 aromatic heterocycles. The van der Waals surface area contributed by atoms with Crippen LogP contribution in [0.25, 0.3) is 0 Å². The van der Waals surface area contributed by atoms with Crippen LogP contribution in [-0.2, 0) is 16.6 Å². The Morgan fingerprint density at radius 1 is 0.931 bits per heavy atom. The second-order valence-corrected chi connectivity index (χ2v) is 8.78. The van der Waals surface area contributed by atoms with E-state index in [9.17, 15) is 17.6 Å². The van der Waals surface area contributed by atoms with Crippen LogP contribution in [0.5, 0.6) is 0 Å². The zero-order valence-electron chi connectivity index (χ0n) is 16.0. The number of amides is 2. The number of urea groups is 1. The van der Waals surface area contributed by atoms with Crippen molar-refractivity contribution in [3.8, 4) is 0 Å². The molecule has 1 aliphatic heterocycles. The van der Waals surface area contributed by atoms with Crippen LogP contribution in [0.3, 0.4) is 0 Å².